The van der Waals surface area contributed by atoms with Gasteiger partial charge in [0.1, 0.15) is 36.0 Å². The number of hydrogen-bond donors (Lipinski definition) is 6. The Labute approximate surface area is 224 Å². The lowest BCUT2D eigenvalue weighted by atomic mass is 10.2. The predicted octanol–water partition coefficient (Wildman–Crippen LogP) is -0.536. The first kappa shape index (κ1) is 29.6. The average Bonchev–Trinajstić information content (AvgIpc) is 3.48. The molecule has 2 aromatic rings. The monoisotopic (exact) mass is 549 g/mol. The molecule has 2 aromatic heterocycles. The second-order valence-electron chi connectivity index (χ2n) is 9.09. The summed E-state index contributed by atoms with van der Waals surface area (Å²) in [5, 5.41) is 26.0. The first-order valence-corrected chi connectivity index (χ1v) is 14.2. The highest BCUT2D eigenvalue weighted by Crippen LogP contribution is 2.32. The second-order valence-corrected chi connectivity index (χ2v) is 11.0. The van der Waals surface area contributed by atoms with Crippen molar-refractivity contribution in [3.8, 4) is 11.2 Å². The Hall–Kier alpha value is -2.96. The van der Waals surface area contributed by atoms with E-state index in [0.29, 0.717) is 61.4 Å². The molecule has 3 unspecified atom stereocenters. The minimum absolute atomic E-state index is 0.00545. The Morgan fingerprint density at radius 2 is 2.11 bits per heavy atom. The number of carboxylic acid groups (broad SMARTS) is 1. The maximum atomic E-state index is 11.6. The molecule has 208 valence electrons. The number of fused-ring (bicyclic) bond motifs is 1. The summed E-state index contributed by atoms with van der Waals surface area (Å²) in [6.07, 6.45) is 5.23. The summed E-state index contributed by atoms with van der Waals surface area (Å²) < 4.78 is 7.91. The number of amides is 1. The van der Waals surface area contributed by atoms with Gasteiger partial charge in [0.2, 0.25) is 5.91 Å². The Morgan fingerprint density at radius 1 is 1.29 bits per heavy atom. The minimum Gasteiger partial charge on any atom is -0.480 e. The van der Waals surface area contributed by atoms with Crippen LogP contribution in [0.3, 0.4) is 0 Å². The summed E-state index contributed by atoms with van der Waals surface area (Å²) in [5.74, 6) is 3.35. The zero-order chi connectivity index (χ0) is 27.5. The van der Waals surface area contributed by atoms with Crippen molar-refractivity contribution in [2.75, 3.05) is 30.3 Å². The van der Waals surface area contributed by atoms with Crippen molar-refractivity contribution in [2.45, 2.75) is 69.4 Å². The number of nitrogens with two attached hydrogens (primary N) is 3. The highest BCUT2D eigenvalue weighted by molar-refractivity contribution is 8.01. The van der Waals surface area contributed by atoms with Crippen LogP contribution in [0.25, 0.3) is 11.2 Å². The highest BCUT2D eigenvalue weighted by Gasteiger charge is 2.40. The van der Waals surface area contributed by atoms with E-state index in [1.165, 1.54) is 6.33 Å². The number of nitrogens with zero attached hydrogens (tertiary/aromatic N) is 4. The number of unbranched alkanes of at least 4 members (excludes halogenated alkanes) is 2. The van der Waals surface area contributed by atoms with E-state index in [2.05, 4.69) is 31.4 Å². The number of aromatic nitrogens is 4. The van der Waals surface area contributed by atoms with Gasteiger partial charge >= 0.3 is 5.97 Å². The van der Waals surface area contributed by atoms with Gasteiger partial charge in [0.15, 0.2) is 22.5 Å². The van der Waals surface area contributed by atoms with Crippen molar-refractivity contribution >= 4 is 39.8 Å². The highest BCUT2D eigenvalue weighted by atomic mass is 32.2. The molecule has 38 heavy (non-hydrogen) atoms. The van der Waals surface area contributed by atoms with E-state index in [4.69, 9.17) is 27.0 Å². The van der Waals surface area contributed by atoms with Crippen LogP contribution in [0.5, 0.6) is 0 Å². The van der Waals surface area contributed by atoms with Crippen LogP contribution in [0.15, 0.2) is 12.7 Å². The molecule has 0 aliphatic carbocycles. The van der Waals surface area contributed by atoms with E-state index < -0.39 is 41.3 Å². The van der Waals surface area contributed by atoms with Crippen molar-refractivity contribution < 1.29 is 24.5 Å². The molecule has 0 radical (unpaired) electrons. The van der Waals surface area contributed by atoms with Crippen LogP contribution < -0.4 is 22.5 Å². The molecule has 0 saturated carbocycles. The van der Waals surface area contributed by atoms with Gasteiger partial charge in [-0.3, -0.25) is 14.2 Å². The van der Waals surface area contributed by atoms with Crippen molar-refractivity contribution in [3.05, 3.63) is 12.7 Å². The number of aliphatic hydroxyl groups is 1. The van der Waals surface area contributed by atoms with Crippen LogP contribution in [-0.4, -0.2) is 84.5 Å². The smallest absolute Gasteiger partial charge is 0.320 e. The number of ether oxygens (including phenoxy) is 1. The van der Waals surface area contributed by atoms with Gasteiger partial charge in [-0.2, -0.15) is 0 Å². The minimum atomic E-state index is -1.06. The number of rotatable bonds is 14. The lowest BCUT2D eigenvalue weighted by Crippen LogP contribution is -2.35. The number of anilines is 1. The Bertz CT molecular complexity index is 1140. The van der Waals surface area contributed by atoms with Crippen LogP contribution in [0.2, 0.25) is 0 Å². The van der Waals surface area contributed by atoms with E-state index >= 15 is 0 Å². The molecule has 3 heterocycles. The molecule has 1 aliphatic rings. The molecule has 1 aliphatic heterocycles. The molecule has 3 rings (SSSR count). The number of carbonyl (C=O) groups excluding carboxylic acids is 1. The molecule has 13 nitrogen and oxygen atoms in total. The molecule has 0 aromatic carbocycles. The first-order chi connectivity index (χ1) is 18.3. The summed E-state index contributed by atoms with van der Waals surface area (Å²) in [5.41, 5.74) is 18.0. The van der Waals surface area contributed by atoms with Crippen molar-refractivity contribution in [3.63, 3.8) is 0 Å². The number of carbonyl (C=O) groups is 2. The molecular weight excluding hydrogens is 512 g/mol. The Balaban J connectivity index is 1.55. The fraction of sp³-hybridized carbons (Fsp3) is 0.625. The third-order valence-electron chi connectivity index (χ3n) is 6.13. The molecule has 9 N–H and O–H groups in total. The lowest BCUT2D eigenvalue weighted by Gasteiger charge is -2.15. The van der Waals surface area contributed by atoms with Crippen LogP contribution >= 0.6 is 0 Å². The number of nitrogens with one attached hydrogen (secondary N) is 1. The third kappa shape index (κ3) is 8.53. The van der Waals surface area contributed by atoms with Gasteiger partial charge < -0.3 is 37.5 Å². The fourth-order valence-electron chi connectivity index (χ4n) is 3.95. The quantitative estimate of drug-likeness (QED) is 0.0998. The van der Waals surface area contributed by atoms with Gasteiger partial charge in [-0.15, -0.1) is 0 Å². The zero-order valence-electron chi connectivity index (χ0n) is 21.3. The van der Waals surface area contributed by atoms with E-state index in [0.717, 1.165) is 12.8 Å². The normalized spacial score (nSPS) is 20.6. The Kier molecular flexibility index (Phi) is 11.6. The lowest BCUT2D eigenvalue weighted by molar-refractivity contribution is -0.138. The van der Waals surface area contributed by atoms with Crippen LogP contribution in [0.4, 0.5) is 5.82 Å². The van der Waals surface area contributed by atoms with Crippen molar-refractivity contribution in [1.82, 2.24) is 24.8 Å². The largest absolute Gasteiger partial charge is 0.480 e. The maximum absolute atomic E-state index is 11.6. The number of nitrogen functional groups attached to an aromatic ring is 1. The van der Waals surface area contributed by atoms with Crippen molar-refractivity contribution in [2.24, 2.45) is 11.5 Å². The van der Waals surface area contributed by atoms with Gasteiger partial charge in [0.05, 0.1) is 23.3 Å². The average molecular weight is 550 g/mol. The molecule has 14 heteroatoms. The van der Waals surface area contributed by atoms with Crippen LogP contribution in [0, 0.1) is 11.2 Å². The van der Waals surface area contributed by atoms with Gasteiger partial charge in [0, 0.05) is 32.2 Å². The van der Waals surface area contributed by atoms with Crippen molar-refractivity contribution in [1.29, 1.82) is 0 Å². The van der Waals surface area contributed by atoms with Crippen LogP contribution in [0.1, 0.15) is 51.2 Å². The molecule has 0 spiro atoms. The van der Waals surface area contributed by atoms with Gasteiger partial charge in [-0.25, -0.2) is 15.0 Å². The molecular formula is C24H37N8O5S+. The number of aliphatic carboxylic acids is 1. The summed E-state index contributed by atoms with van der Waals surface area (Å²) in [4.78, 5) is 35.3. The van der Waals surface area contributed by atoms with E-state index in [-0.39, 0.29) is 18.1 Å². The second kappa shape index (κ2) is 14.8. The zero-order valence-corrected chi connectivity index (χ0v) is 22.1. The number of imidazole rings is 1. The maximum Gasteiger partial charge on any atom is 0.320 e. The number of hydrogen-bond acceptors (Lipinski definition) is 10. The molecule has 1 saturated heterocycles. The van der Waals surface area contributed by atoms with Crippen LogP contribution in [-0.2, 0) is 25.2 Å². The van der Waals surface area contributed by atoms with E-state index in [9.17, 15) is 14.7 Å². The predicted molar refractivity (Wildman–Crippen MR) is 145 cm³/mol. The summed E-state index contributed by atoms with van der Waals surface area (Å²) in [6.45, 7) is 1.09. The molecule has 1 fully saturated rings. The summed E-state index contributed by atoms with van der Waals surface area (Å²) >= 11 is 0. The summed E-state index contributed by atoms with van der Waals surface area (Å²) in [7, 11) is -0.525. The number of carboxylic acids is 1. The Morgan fingerprint density at radius 3 is 2.87 bits per heavy atom. The topological polar surface area (TPSA) is 218 Å². The first-order valence-electron chi connectivity index (χ1n) is 12.7. The van der Waals surface area contributed by atoms with E-state index in [1.807, 2.05) is 0 Å². The summed E-state index contributed by atoms with van der Waals surface area (Å²) in [6, 6.07) is -0.973. The number of aliphatic hydroxyl groups excluding tert-OH is 1. The fourth-order valence-corrected chi connectivity index (χ4v) is 5.85. The standard InChI is InChI=1S/C24H36N8O5S/c25-8-5-6-19(34)28-9-3-1-2-4-10-38(11-7-16(26)24(35)36)13-18-17(33)12-20(37-18)32-15-31-21-22(27)29-14-30-23(21)32/h14-18,20,33H,1-3,5-9,11-13,25-26H2,(H3-,27,28,29,30,34,35,36)/p+1/t16?,17?,18-,20-,38?/m1/s1. The molecule has 5 atom stereocenters. The SMILES string of the molecule is NCCCC(=O)NCCCCC#C[S+](CCC(N)C(=O)O)C[C@H]1O[C@@H](n2cnc3c(N)ncnc32)CC1O. The van der Waals surface area contributed by atoms with E-state index in [1.54, 1.807) is 10.9 Å². The van der Waals surface area contributed by atoms with Gasteiger partial charge in [-0.1, -0.05) is 0 Å². The van der Waals surface area contributed by atoms with Gasteiger partial charge in [0.25, 0.3) is 0 Å². The molecule has 0 bridgehead atoms. The molecule has 1 amide bonds. The third-order valence-corrected chi connectivity index (χ3v) is 8.03. The van der Waals surface area contributed by atoms with Gasteiger partial charge in [-0.05, 0) is 31.7 Å².